The Hall–Kier alpha value is -2.37. The van der Waals surface area contributed by atoms with E-state index in [1.807, 2.05) is 30.3 Å². The van der Waals surface area contributed by atoms with E-state index in [1.54, 1.807) is 24.3 Å². The van der Waals surface area contributed by atoms with E-state index in [2.05, 4.69) is 0 Å². The Kier molecular flexibility index (Phi) is 4.32. The van der Waals surface area contributed by atoms with E-state index >= 15 is 0 Å². The summed E-state index contributed by atoms with van der Waals surface area (Å²) in [6, 6.07) is 14.8. The van der Waals surface area contributed by atoms with Crippen molar-refractivity contribution in [1.29, 1.82) is 0 Å². The molecule has 1 saturated heterocycles. The van der Waals surface area contributed by atoms with Gasteiger partial charge in [0.05, 0.1) is 18.7 Å². The summed E-state index contributed by atoms with van der Waals surface area (Å²) in [6.07, 6.45) is -0.0508. The molecule has 1 aliphatic rings. The molecule has 0 saturated carbocycles. The van der Waals surface area contributed by atoms with Gasteiger partial charge in [-0.25, -0.2) is 5.06 Å². The maximum atomic E-state index is 12.5. The third kappa shape index (κ3) is 3.21. The maximum absolute atomic E-state index is 12.5. The number of hydrogen-bond acceptors (Lipinski definition) is 4. The van der Waals surface area contributed by atoms with E-state index in [9.17, 15) is 14.8 Å². The summed E-state index contributed by atoms with van der Waals surface area (Å²) < 4.78 is 0. The lowest BCUT2D eigenvalue weighted by Crippen LogP contribution is -2.40. The minimum Gasteiger partial charge on any atom is -0.288 e. The summed E-state index contributed by atoms with van der Waals surface area (Å²) in [6.45, 7) is 0.212. The van der Waals surface area contributed by atoms with Crippen LogP contribution in [0.3, 0.4) is 0 Å². The molecule has 6 heteroatoms. The van der Waals surface area contributed by atoms with Crippen LogP contribution in [-0.4, -0.2) is 28.0 Å². The second kappa shape index (κ2) is 6.40. The number of halogens is 1. The molecule has 1 atom stereocenters. The number of nitrogens with zero attached hydrogens (tertiary/aromatic N) is 2. The van der Waals surface area contributed by atoms with Crippen LogP contribution in [0, 0.1) is 0 Å². The number of amides is 2. The molecule has 0 aromatic heterocycles. The summed E-state index contributed by atoms with van der Waals surface area (Å²) in [5.41, 5.74) is 1.29. The van der Waals surface area contributed by atoms with Crippen LogP contribution in [0.25, 0.3) is 0 Å². The number of benzene rings is 2. The summed E-state index contributed by atoms with van der Waals surface area (Å²) >= 11 is 5.81. The second-order valence-electron chi connectivity index (χ2n) is 5.34. The van der Waals surface area contributed by atoms with Crippen LogP contribution in [0.2, 0.25) is 5.02 Å². The first kappa shape index (κ1) is 15.5. The number of hydroxylamine groups is 1. The average Bonchev–Trinajstić information content (AvgIpc) is 2.84. The van der Waals surface area contributed by atoms with Gasteiger partial charge in [-0.15, -0.1) is 0 Å². The molecule has 0 unspecified atom stereocenters. The number of carbonyl (C=O) groups is 2. The number of anilines is 1. The zero-order chi connectivity index (χ0) is 16.4. The molecule has 1 fully saturated rings. The van der Waals surface area contributed by atoms with Gasteiger partial charge in [0.2, 0.25) is 5.91 Å². The van der Waals surface area contributed by atoms with Crippen LogP contribution in [-0.2, 0) is 16.1 Å². The lowest BCUT2D eigenvalue weighted by Gasteiger charge is -2.22. The Morgan fingerprint density at radius 3 is 2.39 bits per heavy atom. The van der Waals surface area contributed by atoms with E-state index in [4.69, 9.17) is 11.6 Å². The predicted octanol–water partition coefficient (Wildman–Crippen LogP) is 2.86. The lowest BCUT2D eigenvalue weighted by molar-refractivity contribution is -0.139. The van der Waals surface area contributed by atoms with Crippen LogP contribution >= 0.6 is 11.6 Å². The van der Waals surface area contributed by atoms with Crippen LogP contribution in [0.1, 0.15) is 12.0 Å². The standard InChI is InChI=1S/C17H15ClN2O3/c18-13-6-8-14(9-7-13)20(23)15-10-16(21)19(17(15)22)11-12-4-2-1-3-5-12/h1-9,15,23H,10-11H2/t15-/m1/s1. The molecule has 3 rings (SSSR count). The average molecular weight is 331 g/mol. The molecule has 1 heterocycles. The van der Waals surface area contributed by atoms with Gasteiger partial charge in [0.15, 0.2) is 0 Å². The Morgan fingerprint density at radius 1 is 1.09 bits per heavy atom. The fourth-order valence-electron chi connectivity index (χ4n) is 2.56. The molecule has 2 aromatic carbocycles. The van der Waals surface area contributed by atoms with Gasteiger partial charge in [0, 0.05) is 5.02 Å². The van der Waals surface area contributed by atoms with Gasteiger partial charge in [-0.05, 0) is 29.8 Å². The molecular weight excluding hydrogens is 316 g/mol. The van der Waals surface area contributed by atoms with Gasteiger partial charge in [-0.3, -0.25) is 19.7 Å². The van der Waals surface area contributed by atoms with Gasteiger partial charge in [0.1, 0.15) is 6.04 Å². The van der Waals surface area contributed by atoms with Gasteiger partial charge in [-0.2, -0.15) is 0 Å². The van der Waals surface area contributed by atoms with E-state index in [-0.39, 0.29) is 18.9 Å². The largest absolute Gasteiger partial charge is 0.288 e. The van der Waals surface area contributed by atoms with E-state index in [1.165, 1.54) is 4.90 Å². The second-order valence-corrected chi connectivity index (χ2v) is 5.78. The van der Waals surface area contributed by atoms with Crippen LogP contribution in [0.4, 0.5) is 5.69 Å². The summed E-state index contributed by atoms with van der Waals surface area (Å²) in [5.74, 6) is -0.701. The topological polar surface area (TPSA) is 60.9 Å². The molecule has 0 aliphatic carbocycles. The Morgan fingerprint density at radius 2 is 1.74 bits per heavy atom. The van der Waals surface area contributed by atoms with E-state index in [0.717, 1.165) is 10.6 Å². The van der Waals surface area contributed by atoms with Crippen molar-refractivity contribution < 1.29 is 14.8 Å². The zero-order valence-corrected chi connectivity index (χ0v) is 13.0. The van der Waals surface area contributed by atoms with Gasteiger partial charge >= 0.3 is 0 Å². The highest BCUT2D eigenvalue weighted by atomic mass is 35.5. The van der Waals surface area contributed by atoms with Gasteiger partial charge < -0.3 is 0 Å². The molecule has 23 heavy (non-hydrogen) atoms. The van der Waals surface area contributed by atoms with Crippen LogP contribution in [0.15, 0.2) is 54.6 Å². The third-order valence-electron chi connectivity index (χ3n) is 3.79. The molecule has 2 amide bonds. The molecule has 0 spiro atoms. The van der Waals surface area contributed by atoms with Crippen molar-refractivity contribution in [3.05, 3.63) is 65.2 Å². The fraction of sp³-hybridized carbons (Fsp3) is 0.176. The number of hydrogen-bond donors (Lipinski definition) is 1. The molecule has 1 aliphatic heterocycles. The number of carbonyl (C=O) groups excluding carboxylic acids is 2. The third-order valence-corrected chi connectivity index (χ3v) is 4.04. The highest BCUT2D eigenvalue weighted by molar-refractivity contribution is 6.30. The minimum absolute atomic E-state index is 0.0508. The van der Waals surface area contributed by atoms with Crippen molar-refractivity contribution in [1.82, 2.24) is 4.90 Å². The van der Waals surface area contributed by atoms with Gasteiger partial charge in [-0.1, -0.05) is 41.9 Å². The molecule has 0 bridgehead atoms. The Bertz CT molecular complexity index is 718. The molecule has 1 N–H and O–H groups in total. The zero-order valence-electron chi connectivity index (χ0n) is 12.2. The van der Waals surface area contributed by atoms with Crippen molar-refractivity contribution in [2.75, 3.05) is 5.06 Å². The van der Waals surface area contributed by atoms with Crippen molar-refractivity contribution >= 4 is 29.1 Å². The SMILES string of the molecule is O=C1C[C@@H](N(O)c2ccc(Cl)cc2)C(=O)N1Cc1ccccc1. The van der Waals surface area contributed by atoms with Gasteiger partial charge in [0.25, 0.3) is 5.91 Å². The summed E-state index contributed by atoms with van der Waals surface area (Å²) in [4.78, 5) is 25.8. The van der Waals surface area contributed by atoms with Crippen molar-refractivity contribution in [2.24, 2.45) is 0 Å². The van der Waals surface area contributed by atoms with E-state index in [0.29, 0.717) is 10.7 Å². The van der Waals surface area contributed by atoms with Crippen LogP contribution < -0.4 is 5.06 Å². The first-order valence-corrected chi connectivity index (χ1v) is 7.56. The number of rotatable bonds is 4. The normalized spacial score (nSPS) is 17.7. The smallest absolute Gasteiger partial charge is 0.255 e. The first-order valence-electron chi connectivity index (χ1n) is 7.18. The Balaban J connectivity index is 1.76. The molecular formula is C17H15ClN2O3. The number of imide groups is 1. The van der Waals surface area contributed by atoms with Crippen LogP contribution in [0.5, 0.6) is 0 Å². The minimum atomic E-state index is -0.910. The monoisotopic (exact) mass is 330 g/mol. The highest BCUT2D eigenvalue weighted by Gasteiger charge is 2.42. The molecule has 2 aromatic rings. The van der Waals surface area contributed by atoms with Crippen molar-refractivity contribution in [2.45, 2.75) is 19.0 Å². The molecule has 118 valence electrons. The fourth-order valence-corrected chi connectivity index (χ4v) is 2.69. The van der Waals surface area contributed by atoms with Crippen molar-refractivity contribution in [3.63, 3.8) is 0 Å². The Labute approximate surface area is 138 Å². The summed E-state index contributed by atoms with van der Waals surface area (Å²) in [5, 5.41) is 11.6. The van der Waals surface area contributed by atoms with E-state index < -0.39 is 11.9 Å². The maximum Gasteiger partial charge on any atom is 0.255 e. The summed E-state index contributed by atoms with van der Waals surface area (Å²) in [7, 11) is 0. The highest BCUT2D eigenvalue weighted by Crippen LogP contribution is 2.25. The molecule has 0 radical (unpaired) electrons. The first-order chi connectivity index (χ1) is 11.1. The number of likely N-dealkylation sites (tertiary alicyclic amines) is 1. The predicted molar refractivity (Wildman–Crippen MR) is 86.1 cm³/mol. The lowest BCUT2D eigenvalue weighted by atomic mass is 10.2. The quantitative estimate of drug-likeness (QED) is 0.691. The molecule has 5 nitrogen and oxygen atoms in total. The van der Waals surface area contributed by atoms with Crippen molar-refractivity contribution in [3.8, 4) is 0 Å².